The first-order valence-electron chi connectivity index (χ1n) is 5.67. The number of allylic oxidation sites excluding steroid dienone is 1. The Kier molecular flexibility index (Phi) is 4.27. The van der Waals surface area contributed by atoms with E-state index in [0.717, 1.165) is 10.0 Å². The molecule has 0 radical (unpaired) electrons. The van der Waals surface area contributed by atoms with Crippen molar-refractivity contribution in [3.63, 3.8) is 0 Å². The van der Waals surface area contributed by atoms with Gasteiger partial charge in [-0.1, -0.05) is 46.3 Å². The minimum atomic E-state index is -0.111. The predicted molar refractivity (Wildman–Crippen MR) is 78.7 cm³/mol. The maximum atomic E-state index is 11.9. The number of nitriles is 1. The summed E-state index contributed by atoms with van der Waals surface area (Å²) in [5, 5.41) is 8.79. The number of hydrogen-bond acceptors (Lipinski definition) is 2. The lowest BCUT2D eigenvalue weighted by Gasteiger charge is -1.97. The molecule has 2 nitrogen and oxygen atoms in total. The van der Waals surface area contributed by atoms with Crippen LogP contribution in [-0.2, 0) is 0 Å². The van der Waals surface area contributed by atoms with Gasteiger partial charge in [-0.2, -0.15) is 5.26 Å². The van der Waals surface area contributed by atoms with Gasteiger partial charge in [0.1, 0.15) is 0 Å². The summed E-state index contributed by atoms with van der Waals surface area (Å²) in [6, 6.07) is 16.4. The van der Waals surface area contributed by atoms with Gasteiger partial charge in [0.05, 0.1) is 11.6 Å². The minimum Gasteiger partial charge on any atom is -0.289 e. The van der Waals surface area contributed by atoms with Gasteiger partial charge in [-0.15, -0.1) is 0 Å². The fourth-order valence-corrected chi connectivity index (χ4v) is 1.85. The molecule has 0 aliphatic carbocycles. The lowest BCUT2D eigenvalue weighted by Crippen LogP contribution is -1.94. The molecule has 2 aromatic rings. The van der Waals surface area contributed by atoms with E-state index in [4.69, 9.17) is 5.26 Å². The molecule has 0 aromatic heterocycles. The highest BCUT2D eigenvalue weighted by atomic mass is 79.9. The van der Waals surface area contributed by atoms with Crippen molar-refractivity contribution in [3.05, 3.63) is 75.8 Å². The van der Waals surface area contributed by atoms with E-state index >= 15 is 0 Å². The molecule has 0 spiro atoms. The molecule has 19 heavy (non-hydrogen) atoms. The van der Waals surface area contributed by atoms with Crippen LogP contribution in [0.5, 0.6) is 0 Å². The van der Waals surface area contributed by atoms with Gasteiger partial charge in [-0.3, -0.25) is 4.79 Å². The Labute approximate surface area is 120 Å². The Balaban J connectivity index is 2.16. The van der Waals surface area contributed by atoms with Crippen molar-refractivity contribution in [2.24, 2.45) is 0 Å². The van der Waals surface area contributed by atoms with Gasteiger partial charge in [0.2, 0.25) is 0 Å². The van der Waals surface area contributed by atoms with E-state index in [0.29, 0.717) is 11.1 Å². The van der Waals surface area contributed by atoms with Crippen molar-refractivity contribution in [2.75, 3.05) is 0 Å². The quantitative estimate of drug-likeness (QED) is 0.629. The van der Waals surface area contributed by atoms with Crippen LogP contribution in [0.2, 0.25) is 0 Å². The van der Waals surface area contributed by atoms with Crippen LogP contribution in [0.15, 0.2) is 59.1 Å². The maximum absolute atomic E-state index is 11.9. The summed E-state index contributed by atoms with van der Waals surface area (Å²) in [7, 11) is 0. The monoisotopic (exact) mass is 311 g/mol. The van der Waals surface area contributed by atoms with Crippen LogP contribution in [0, 0.1) is 11.3 Å². The number of ketones is 1. The molecule has 0 N–H and O–H groups in total. The van der Waals surface area contributed by atoms with Crippen molar-refractivity contribution in [1.29, 1.82) is 5.26 Å². The first-order valence-corrected chi connectivity index (χ1v) is 6.46. The van der Waals surface area contributed by atoms with E-state index in [1.807, 2.05) is 30.3 Å². The van der Waals surface area contributed by atoms with Crippen molar-refractivity contribution in [3.8, 4) is 6.07 Å². The summed E-state index contributed by atoms with van der Waals surface area (Å²) in [6.45, 7) is 0. The molecule has 2 aromatic carbocycles. The maximum Gasteiger partial charge on any atom is 0.185 e. The Morgan fingerprint density at radius 3 is 2.58 bits per heavy atom. The number of hydrogen-bond donors (Lipinski definition) is 0. The fourth-order valence-electron chi connectivity index (χ4n) is 1.58. The summed E-state index contributed by atoms with van der Waals surface area (Å²) < 4.78 is 0.998. The van der Waals surface area contributed by atoms with E-state index in [-0.39, 0.29) is 5.78 Å². The summed E-state index contributed by atoms with van der Waals surface area (Å²) in [5.41, 5.74) is 1.96. The van der Waals surface area contributed by atoms with E-state index in [1.54, 1.807) is 30.3 Å². The lowest BCUT2D eigenvalue weighted by molar-refractivity contribution is 0.104. The highest BCUT2D eigenvalue weighted by molar-refractivity contribution is 9.10. The van der Waals surface area contributed by atoms with Crippen molar-refractivity contribution in [1.82, 2.24) is 0 Å². The van der Waals surface area contributed by atoms with Gasteiger partial charge in [0, 0.05) is 10.0 Å². The zero-order valence-corrected chi connectivity index (χ0v) is 11.6. The number of nitrogens with zero attached hydrogens (tertiary/aromatic N) is 1. The van der Waals surface area contributed by atoms with Gasteiger partial charge in [0.25, 0.3) is 0 Å². The largest absolute Gasteiger partial charge is 0.289 e. The van der Waals surface area contributed by atoms with Crippen molar-refractivity contribution < 1.29 is 4.79 Å². The molecule has 0 saturated heterocycles. The molecule has 3 heteroatoms. The topological polar surface area (TPSA) is 40.9 Å². The molecule has 92 valence electrons. The summed E-state index contributed by atoms with van der Waals surface area (Å²) in [5.74, 6) is -0.111. The van der Waals surface area contributed by atoms with Crippen LogP contribution in [0.1, 0.15) is 21.5 Å². The Morgan fingerprint density at radius 2 is 1.89 bits per heavy atom. The van der Waals surface area contributed by atoms with Crippen LogP contribution in [0.3, 0.4) is 0 Å². The van der Waals surface area contributed by atoms with Crippen molar-refractivity contribution in [2.45, 2.75) is 0 Å². The van der Waals surface area contributed by atoms with Gasteiger partial charge >= 0.3 is 0 Å². The van der Waals surface area contributed by atoms with Crippen LogP contribution in [-0.4, -0.2) is 5.78 Å². The SMILES string of the molecule is N#Cc1cccc(C(=O)/C=C/c2ccc(Br)cc2)c1. The molecule has 0 saturated carbocycles. The molecule has 0 fully saturated rings. The third kappa shape index (κ3) is 3.64. The van der Waals surface area contributed by atoms with Crippen LogP contribution < -0.4 is 0 Å². The van der Waals surface area contributed by atoms with Crippen LogP contribution in [0.4, 0.5) is 0 Å². The molecular weight excluding hydrogens is 302 g/mol. The molecule has 0 amide bonds. The number of benzene rings is 2. The molecule has 0 aliphatic heterocycles. The van der Waals surface area contributed by atoms with Crippen molar-refractivity contribution >= 4 is 27.8 Å². The van der Waals surface area contributed by atoms with Crippen LogP contribution in [0.25, 0.3) is 6.08 Å². The molecule has 2 rings (SSSR count). The van der Waals surface area contributed by atoms with Gasteiger partial charge in [0.15, 0.2) is 5.78 Å². The highest BCUT2D eigenvalue weighted by Gasteiger charge is 2.02. The number of rotatable bonds is 3. The molecule has 0 unspecified atom stereocenters. The number of halogens is 1. The van der Waals surface area contributed by atoms with E-state index in [1.165, 1.54) is 6.08 Å². The first kappa shape index (κ1) is 13.3. The van der Waals surface area contributed by atoms with Gasteiger partial charge in [-0.05, 0) is 35.9 Å². The third-order valence-corrected chi connectivity index (χ3v) is 3.10. The molecule has 0 heterocycles. The third-order valence-electron chi connectivity index (χ3n) is 2.57. The second-order valence-corrected chi connectivity index (χ2v) is 4.86. The predicted octanol–water partition coefficient (Wildman–Crippen LogP) is 4.22. The Hall–Kier alpha value is -2.18. The second kappa shape index (κ2) is 6.12. The van der Waals surface area contributed by atoms with E-state index in [9.17, 15) is 4.79 Å². The minimum absolute atomic E-state index is 0.111. The summed E-state index contributed by atoms with van der Waals surface area (Å²) >= 11 is 3.36. The number of carbonyl (C=O) groups excluding carboxylic acids is 1. The average molecular weight is 312 g/mol. The molecule has 0 atom stereocenters. The lowest BCUT2D eigenvalue weighted by atomic mass is 10.1. The zero-order valence-electron chi connectivity index (χ0n) is 10.0. The Morgan fingerprint density at radius 1 is 1.16 bits per heavy atom. The Bertz CT molecular complexity index is 666. The highest BCUT2D eigenvalue weighted by Crippen LogP contribution is 2.12. The van der Waals surface area contributed by atoms with Gasteiger partial charge < -0.3 is 0 Å². The van der Waals surface area contributed by atoms with Gasteiger partial charge in [-0.25, -0.2) is 0 Å². The van der Waals surface area contributed by atoms with Crippen LogP contribution >= 0.6 is 15.9 Å². The first-order chi connectivity index (χ1) is 9.19. The molecule has 0 aliphatic rings. The summed E-state index contributed by atoms with van der Waals surface area (Å²) in [4.78, 5) is 11.9. The standard InChI is InChI=1S/C16H10BrNO/c17-15-7-4-12(5-8-15)6-9-16(19)14-3-1-2-13(10-14)11-18/h1-10H/b9-6+. The van der Waals surface area contributed by atoms with E-state index < -0.39 is 0 Å². The van der Waals surface area contributed by atoms with E-state index in [2.05, 4.69) is 15.9 Å². The zero-order chi connectivity index (χ0) is 13.7. The molecule has 0 bridgehead atoms. The second-order valence-electron chi connectivity index (χ2n) is 3.94. The normalized spacial score (nSPS) is 10.3. The fraction of sp³-hybridized carbons (Fsp3) is 0. The summed E-state index contributed by atoms with van der Waals surface area (Å²) in [6.07, 6.45) is 3.27. The number of carbonyl (C=O) groups is 1. The molecular formula is C16H10BrNO. The smallest absolute Gasteiger partial charge is 0.185 e. The average Bonchev–Trinajstić information content (AvgIpc) is 2.46.